The molecule has 26 heavy (non-hydrogen) atoms. The summed E-state index contributed by atoms with van der Waals surface area (Å²) in [5.41, 5.74) is 0.725. The highest BCUT2D eigenvalue weighted by Gasteiger charge is 2.37. The van der Waals surface area contributed by atoms with E-state index in [0.717, 1.165) is 24.6 Å². The van der Waals surface area contributed by atoms with Gasteiger partial charge in [0.2, 0.25) is 0 Å². The zero-order chi connectivity index (χ0) is 19.3. The summed E-state index contributed by atoms with van der Waals surface area (Å²) in [5.74, 6) is -0.0582. The van der Waals surface area contributed by atoms with Crippen LogP contribution in [0.4, 0.5) is 24.7 Å². The van der Waals surface area contributed by atoms with Crippen LogP contribution in [0, 0.1) is 0 Å². The summed E-state index contributed by atoms with van der Waals surface area (Å²) < 4.78 is 45.8. The van der Waals surface area contributed by atoms with Crippen LogP contribution in [0.3, 0.4) is 0 Å². The van der Waals surface area contributed by atoms with Gasteiger partial charge in [0.25, 0.3) is 0 Å². The molecular formula is C19H24F3N3O. The molecule has 1 aromatic heterocycles. The first-order valence-corrected chi connectivity index (χ1v) is 8.65. The largest absolute Gasteiger partial charge is 0.463 e. The van der Waals surface area contributed by atoms with Crippen molar-refractivity contribution in [3.63, 3.8) is 0 Å². The Morgan fingerprint density at radius 3 is 2.50 bits per heavy atom. The van der Waals surface area contributed by atoms with Gasteiger partial charge in [0, 0.05) is 18.9 Å². The SMILES string of the molecule is CCCCOc1ncc(C(F)(F)F)c(N(C)c2ccccc2C(C)C)n1. The van der Waals surface area contributed by atoms with Gasteiger partial charge in [-0.1, -0.05) is 45.4 Å². The predicted octanol–water partition coefficient (Wildman–Crippen LogP) is 5.57. The Morgan fingerprint density at radius 1 is 1.19 bits per heavy atom. The van der Waals surface area contributed by atoms with Gasteiger partial charge in [0.1, 0.15) is 5.56 Å². The Balaban J connectivity index is 2.49. The smallest absolute Gasteiger partial charge is 0.421 e. The maximum absolute atomic E-state index is 13.5. The maximum Gasteiger partial charge on any atom is 0.421 e. The standard InChI is InChI=1S/C19H24F3N3O/c1-5-6-11-26-18-23-12-15(19(20,21)22)17(24-18)25(4)16-10-8-7-9-14(16)13(2)3/h7-10,12-13H,5-6,11H2,1-4H3. The van der Waals surface area contributed by atoms with Crippen LogP contribution in [-0.4, -0.2) is 23.6 Å². The summed E-state index contributed by atoms with van der Waals surface area (Å²) in [6, 6.07) is 7.32. The zero-order valence-electron chi connectivity index (χ0n) is 15.5. The number of rotatable bonds is 7. The minimum atomic E-state index is -4.56. The number of hydrogen-bond donors (Lipinski definition) is 0. The van der Waals surface area contributed by atoms with Crippen molar-refractivity contribution in [3.05, 3.63) is 41.6 Å². The Bertz CT molecular complexity index is 732. The van der Waals surface area contributed by atoms with Crippen LogP contribution >= 0.6 is 0 Å². The minimum Gasteiger partial charge on any atom is -0.463 e. The molecule has 7 heteroatoms. The summed E-state index contributed by atoms with van der Waals surface area (Å²) >= 11 is 0. The number of hydrogen-bond acceptors (Lipinski definition) is 4. The predicted molar refractivity (Wildman–Crippen MR) is 96.0 cm³/mol. The first-order chi connectivity index (χ1) is 12.3. The van der Waals surface area contributed by atoms with E-state index in [1.807, 2.05) is 32.9 Å². The molecule has 0 radical (unpaired) electrons. The number of ether oxygens (including phenoxy) is 1. The van der Waals surface area contributed by atoms with Crippen molar-refractivity contribution in [2.45, 2.75) is 45.7 Å². The highest BCUT2D eigenvalue weighted by molar-refractivity contribution is 5.66. The summed E-state index contributed by atoms with van der Waals surface area (Å²) in [6.45, 7) is 6.36. The summed E-state index contributed by atoms with van der Waals surface area (Å²) in [6.07, 6.45) is -2.07. The van der Waals surface area contributed by atoms with Gasteiger partial charge in [0.05, 0.1) is 6.61 Å². The van der Waals surface area contributed by atoms with Crippen LogP contribution in [0.15, 0.2) is 30.5 Å². The molecule has 2 aromatic rings. The van der Waals surface area contributed by atoms with E-state index < -0.39 is 11.7 Å². The number of para-hydroxylation sites is 1. The molecule has 0 unspecified atom stereocenters. The third kappa shape index (κ3) is 4.65. The van der Waals surface area contributed by atoms with Crippen LogP contribution in [0.1, 0.15) is 50.7 Å². The van der Waals surface area contributed by atoms with Gasteiger partial charge in [-0.3, -0.25) is 0 Å². The zero-order valence-corrected chi connectivity index (χ0v) is 15.5. The molecule has 0 N–H and O–H groups in total. The second-order valence-electron chi connectivity index (χ2n) is 6.36. The lowest BCUT2D eigenvalue weighted by Crippen LogP contribution is -2.20. The minimum absolute atomic E-state index is 0.0460. The normalized spacial score (nSPS) is 11.7. The lowest BCUT2D eigenvalue weighted by atomic mass is 10.0. The summed E-state index contributed by atoms with van der Waals surface area (Å²) in [5, 5.41) is 0. The van der Waals surface area contributed by atoms with Gasteiger partial charge in [-0.05, 0) is 24.0 Å². The van der Waals surface area contributed by atoms with Gasteiger partial charge in [0.15, 0.2) is 5.82 Å². The van der Waals surface area contributed by atoms with Crippen molar-refractivity contribution in [2.24, 2.45) is 0 Å². The monoisotopic (exact) mass is 367 g/mol. The molecule has 4 nitrogen and oxygen atoms in total. The third-order valence-corrected chi connectivity index (χ3v) is 4.02. The molecule has 0 amide bonds. The van der Waals surface area contributed by atoms with E-state index in [1.54, 1.807) is 19.2 Å². The number of benzene rings is 1. The molecule has 0 aliphatic heterocycles. The van der Waals surface area contributed by atoms with Crippen LogP contribution in [-0.2, 0) is 6.18 Å². The van der Waals surface area contributed by atoms with Crippen molar-refractivity contribution in [2.75, 3.05) is 18.6 Å². The fourth-order valence-electron chi connectivity index (χ4n) is 2.59. The third-order valence-electron chi connectivity index (χ3n) is 4.02. The Labute approximate surface area is 152 Å². The van der Waals surface area contributed by atoms with Gasteiger partial charge < -0.3 is 9.64 Å². The second-order valence-corrected chi connectivity index (χ2v) is 6.36. The Kier molecular flexibility index (Phi) is 6.45. The van der Waals surface area contributed by atoms with Gasteiger partial charge in [-0.25, -0.2) is 4.98 Å². The fourth-order valence-corrected chi connectivity index (χ4v) is 2.59. The molecule has 1 heterocycles. The van der Waals surface area contributed by atoms with E-state index >= 15 is 0 Å². The average Bonchev–Trinajstić information content (AvgIpc) is 2.60. The first kappa shape index (κ1) is 20.0. The maximum atomic E-state index is 13.5. The van der Waals surface area contributed by atoms with Crippen molar-refractivity contribution in [1.82, 2.24) is 9.97 Å². The van der Waals surface area contributed by atoms with E-state index in [1.165, 1.54) is 4.90 Å². The molecule has 2 rings (SSSR count). The van der Waals surface area contributed by atoms with Crippen LogP contribution in [0.2, 0.25) is 0 Å². The molecule has 0 saturated heterocycles. The number of unbranched alkanes of at least 4 members (excludes halogenated alkanes) is 1. The van der Waals surface area contributed by atoms with Crippen molar-refractivity contribution in [1.29, 1.82) is 0 Å². The highest BCUT2D eigenvalue weighted by atomic mass is 19.4. The van der Waals surface area contributed by atoms with Gasteiger partial charge >= 0.3 is 12.2 Å². The van der Waals surface area contributed by atoms with Crippen LogP contribution < -0.4 is 9.64 Å². The molecule has 142 valence electrons. The van der Waals surface area contributed by atoms with Crippen molar-refractivity contribution < 1.29 is 17.9 Å². The number of aromatic nitrogens is 2. The molecule has 0 spiro atoms. The molecule has 0 aliphatic rings. The molecule has 0 atom stereocenters. The number of nitrogens with zero attached hydrogens (tertiary/aromatic N) is 3. The number of halogens is 3. The summed E-state index contributed by atoms with van der Waals surface area (Å²) in [4.78, 5) is 9.24. The topological polar surface area (TPSA) is 38.2 Å². The molecule has 0 aliphatic carbocycles. The van der Waals surface area contributed by atoms with Crippen molar-refractivity contribution >= 4 is 11.5 Å². The number of alkyl halides is 3. The van der Waals surface area contributed by atoms with Crippen LogP contribution in [0.5, 0.6) is 6.01 Å². The van der Waals surface area contributed by atoms with Crippen molar-refractivity contribution in [3.8, 4) is 6.01 Å². The highest BCUT2D eigenvalue weighted by Crippen LogP contribution is 2.39. The van der Waals surface area contributed by atoms with E-state index in [-0.39, 0.29) is 17.7 Å². The van der Waals surface area contributed by atoms with E-state index in [2.05, 4.69) is 9.97 Å². The van der Waals surface area contributed by atoms with Gasteiger partial charge in [-0.15, -0.1) is 0 Å². The average molecular weight is 367 g/mol. The Morgan fingerprint density at radius 2 is 1.88 bits per heavy atom. The Hall–Kier alpha value is -2.31. The molecule has 0 fully saturated rings. The second kappa shape index (κ2) is 8.38. The lowest BCUT2D eigenvalue weighted by Gasteiger charge is -2.25. The van der Waals surface area contributed by atoms with E-state index in [4.69, 9.17) is 4.74 Å². The van der Waals surface area contributed by atoms with E-state index in [0.29, 0.717) is 12.3 Å². The number of anilines is 2. The molecular weight excluding hydrogens is 343 g/mol. The lowest BCUT2D eigenvalue weighted by molar-refractivity contribution is -0.137. The molecule has 0 saturated carbocycles. The fraction of sp³-hybridized carbons (Fsp3) is 0.474. The molecule has 1 aromatic carbocycles. The van der Waals surface area contributed by atoms with Gasteiger partial charge in [-0.2, -0.15) is 18.2 Å². The summed E-state index contributed by atoms with van der Waals surface area (Å²) in [7, 11) is 1.58. The van der Waals surface area contributed by atoms with Crippen LogP contribution in [0.25, 0.3) is 0 Å². The van der Waals surface area contributed by atoms with E-state index in [9.17, 15) is 13.2 Å². The quantitative estimate of drug-likeness (QED) is 0.600. The molecule has 0 bridgehead atoms. The first-order valence-electron chi connectivity index (χ1n) is 8.65.